The first-order valence-corrected chi connectivity index (χ1v) is 9.35. The van der Waals surface area contributed by atoms with Crippen LogP contribution in [0.3, 0.4) is 0 Å². The van der Waals surface area contributed by atoms with Crippen LogP contribution >= 0.6 is 0 Å². The quantitative estimate of drug-likeness (QED) is 0.890. The number of aliphatic hydroxyl groups is 1. The fraction of sp³-hybridized carbons (Fsp3) is 0.650. The van der Waals surface area contributed by atoms with Crippen LogP contribution in [0.1, 0.15) is 44.6 Å². The Kier molecular flexibility index (Phi) is 8.43. The van der Waals surface area contributed by atoms with Crippen LogP contribution in [0.4, 0.5) is 0 Å². The molecule has 2 unspecified atom stereocenters. The summed E-state index contributed by atoms with van der Waals surface area (Å²) in [7, 11) is 0. The van der Waals surface area contributed by atoms with Crippen molar-refractivity contribution < 1.29 is 9.90 Å². The zero-order valence-corrected chi connectivity index (χ0v) is 14.9. The third-order valence-electron chi connectivity index (χ3n) is 4.89. The molecule has 0 radical (unpaired) electrons. The molecule has 3 rings (SSSR count). The van der Waals surface area contributed by atoms with Crippen molar-refractivity contribution in [3.63, 3.8) is 0 Å². The van der Waals surface area contributed by atoms with Gasteiger partial charge in [0.05, 0.1) is 6.10 Å². The van der Waals surface area contributed by atoms with Crippen LogP contribution in [0.2, 0.25) is 0 Å². The summed E-state index contributed by atoms with van der Waals surface area (Å²) >= 11 is 0. The lowest BCUT2D eigenvalue weighted by Gasteiger charge is -2.27. The second kappa shape index (κ2) is 10.6. The number of hydrogen-bond acceptors (Lipinski definition) is 4. The molecule has 2 aliphatic rings. The molecular weight excluding hydrogens is 300 g/mol. The van der Waals surface area contributed by atoms with E-state index in [1.54, 1.807) is 0 Å². The second-order valence-electron chi connectivity index (χ2n) is 6.91. The topological polar surface area (TPSA) is 52.6 Å². The lowest BCUT2D eigenvalue weighted by molar-refractivity contribution is -0.121. The molecule has 24 heavy (non-hydrogen) atoms. The Morgan fingerprint density at radius 1 is 1.21 bits per heavy atom. The predicted octanol–water partition coefficient (Wildman–Crippen LogP) is 2.61. The zero-order chi connectivity index (χ0) is 17.2. The van der Waals surface area contributed by atoms with Crippen molar-refractivity contribution in [2.24, 2.45) is 5.92 Å². The van der Waals surface area contributed by atoms with E-state index in [2.05, 4.69) is 41.4 Å². The van der Waals surface area contributed by atoms with Crippen LogP contribution in [0, 0.1) is 5.92 Å². The molecule has 4 heteroatoms. The highest BCUT2D eigenvalue weighted by molar-refractivity contribution is 5.79. The third kappa shape index (κ3) is 6.71. The van der Waals surface area contributed by atoms with Crippen molar-refractivity contribution >= 4 is 5.78 Å². The SMILES string of the molecule is CCCC1CNCCC1O.O=C1CCN(Cc2ccccc2)CC1. The van der Waals surface area contributed by atoms with Crippen molar-refractivity contribution in [1.29, 1.82) is 0 Å². The highest BCUT2D eigenvalue weighted by Crippen LogP contribution is 2.16. The van der Waals surface area contributed by atoms with Crippen LogP contribution in [0.5, 0.6) is 0 Å². The lowest BCUT2D eigenvalue weighted by atomic mass is 9.92. The molecule has 4 nitrogen and oxygen atoms in total. The normalized spacial score (nSPS) is 25.0. The first-order valence-electron chi connectivity index (χ1n) is 9.35. The van der Waals surface area contributed by atoms with Crippen molar-refractivity contribution in [2.45, 2.75) is 51.7 Å². The van der Waals surface area contributed by atoms with E-state index >= 15 is 0 Å². The summed E-state index contributed by atoms with van der Waals surface area (Å²) in [6, 6.07) is 10.4. The van der Waals surface area contributed by atoms with Crippen LogP contribution < -0.4 is 5.32 Å². The van der Waals surface area contributed by atoms with E-state index in [-0.39, 0.29) is 6.10 Å². The maximum atomic E-state index is 11.0. The van der Waals surface area contributed by atoms with E-state index in [0.717, 1.165) is 58.4 Å². The summed E-state index contributed by atoms with van der Waals surface area (Å²) in [5, 5.41) is 12.8. The highest BCUT2D eigenvalue weighted by atomic mass is 16.3. The molecule has 0 aromatic heterocycles. The van der Waals surface area contributed by atoms with Gasteiger partial charge in [-0.05, 0) is 30.9 Å². The molecule has 2 fully saturated rings. The van der Waals surface area contributed by atoms with Crippen molar-refractivity contribution in [2.75, 3.05) is 26.2 Å². The predicted molar refractivity (Wildman–Crippen MR) is 97.9 cm³/mol. The van der Waals surface area contributed by atoms with Gasteiger partial charge in [0.2, 0.25) is 0 Å². The number of nitrogens with zero attached hydrogens (tertiary/aromatic N) is 1. The molecule has 134 valence electrons. The molecule has 2 N–H and O–H groups in total. The summed E-state index contributed by atoms with van der Waals surface area (Å²) < 4.78 is 0. The van der Waals surface area contributed by atoms with Crippen LogP contribution in [-0.2, 0) is 11.3 Å². The molecule has 0 amide bonds. The van der Waals surface area contributed by atoms with E-state index in [9.17, 15) is 9.90 Å². The van der Waals surface area contributed by atoms with E-state index in [0.29, 0.717) is 11.7 Å². The van der Waals surface area contributed by atoms with E-state index in [1.807, 2.05) is 6.07 Å². The number of carbonyl (C=O) groups is 1. The van der Waals surface area contributed by atoms with Gasteiger partial charge in [0.25, 0.3) is 0 Å². The van der Waals surface area contributed by atoms with Gasteiger partial charge in [0.15, 0.2) is 0 Å². The van der Waals surface area contributed by atoms with Gasteiger partial charge in [-0.2, -0.15) is 0 Å². The summed E-state index contributed by atoms with van der Waals surface area (Å²) in [5.74, 6) is 0.924. The van der Waals surface area contributed by atoms with Gasteiger partial charge in [-0.25, -0.2) is 0 Å². The molecule has 0 bridgehead atoms. The van der Waals surface area contributed by atoms with E-state index in [1.165, 1.54) is 12.0 Å². The first kappa shape index (κ1) is 19.1. The third-order valence-corrected chi connectivity index (χ3v) is 4.89. The Labute approximate surface area is 146 Å². The Morgan fingerprint density at radius 2 is 1.92 bits per heavy atom. The number of carbonyl (C=O) groups excluding carboxylic acids is 1. The second-order valence-corrected chi connectivity index (χ2v) is 6.91. The number of benzene rings is 1. The average Bonchev–Trinajstić information content (AvgIpc) is 2.61. The van der Waals surface area contributed by atoms with Gasteiger partial charge < -0.3 is 10.4 Å². The molecule has 0 saturated carbocycles. The van der Waals surface area contributed by atoms with Gasteiger partial charge in [-0.3, -0.25) is 9.69 Å². The molecule has 0 spiro atoms. The molecule has 2 atom stereocenters. The van der Waals surface area contributed by atoms with Gasteiger partial charge in [0, 0.05) is 39.0 Å². The lowest BCUT2D eigenvalue weighted by Crippen LogP contribution is -2.39. The van der Waals surface area contributed by atoms with Crippen molar-refractivity contribution in [3.8, 4) is 0 Å². The Balaban J connectivity index is 0.000000185. The number of likely N-dealkylation sites (tertiary alicyclic amines) is 1. The minimum absolute atomic E-state index is 0.0406. The van der Waals surface area contributed by atoms with E-state index < -0.39 is 0 Å². The highest BCUT2D eigenvalue weighted by Gasteiger charge is 2.21. The standard InChI is InChI=1S/C12H15NO.C8H17NO/c14-12-6-8-13(9-7-12)10-11-4-2-1-3-5-11;1-2-3-7-6-9-5-4-8(7)10/h1-5H,6-10H2;7-10H,2-6H2,1H3. The van der Waals surface area contributed by atoms with Gasteiger partial charge in [-0.1, -0.05) is 43.7 Å². The maximum absolute atomic E-state index is 11.0. The fourth-order valence-corrected chi connectivity index (χ4v) is 3.38. The molecule has 1 aromatic rings. The number of Topliss-reactive ketones (excluding diaryl/α,β-unsaturated/α-hetero) is 1. The average molecular weight is 332 g/mol. The largest absolute Gasteiger partial charge is 0.393 e. The smallest absolute Gasteiger partial charge is 0.135 e. The molecule has 0 aliphatic carbocycles. The zero-order valence-electron chi connectivity index (χ0n) is 14.9. The summed E-state index contributed by atoms with van der Waals surface area (Å²) in [4.78, 5) is 13.4. The van der Waals surface area contributed by atoms with Crippen LogP contribution in [0.25, 0.3) is 0 Å². The van der Waals surface area contributed by atoms with Crippen LogP contribution in [0.15, 0.2) is 30.3 Å². The van der Waals surface area contributed by atoms with E-state index in [4.69, 9.17) is 0 Å². The summed E-state index contributed by atoms with van der Waals surface area (Å²) in [5.41, 5.74) is 1.34. The van der Waals surface area contributed by atoms with Gasteiger partial charge >= 0.3 is 0 Å². The van der Waals surface area contributed by atoms with Gasteiger partial charge in [-0.15, -0.1) is 0 Å². The molecule has 2 aliphatic heterocycles. The molecular formula is C20H32N2O2. The number of rotatable bonds is 4. The molecule has 2 heterocycles. The summed E-state index contributed by atoms with van der Waals surface area (Å²) in [6.07, 6.45) is 4.70. The fourth-order valence-electron chi connectivity index (χ4n) is 3.38. The Hall–Kier alpha value is -1.23. The minimum atomic E-state index is -0.0406. The van der Waals surface area contributed by atoms with Crippen LogP contribution in [-0.4, -0.2) is 48.1 Å². The van der Waals surface area contributed by atoms with Crippen molar-refractivity contribution in [3.05, 3.63) is 35.9 Å². The summed E-state index contributed by atoms with van der Waals surface area (Å²) in [6.45, 7) is 6.99. The number of ketones is 1. The van der Waals surface area contributed by atoms with Gasteiger partial charge in [0.1, 0.15) is 5.78 Å². The molecule has 2 saturated heterocycles. The first-order chi connectivity index (χ1) is 11.7. The number of hydrogen-bond donors (Lipinski definition) is 2. The number of nitrogens with one attached hydrogen (secondary N) is 1. The molecule has 1 aromatic carbocycles. The van der Waals surface area contributed by atoms with Crippen molar-refractivity contribution in [1.82, 2.24) is 10.2 Å². The Bertz CT molecular complexity index is 466. The number of piperidine rings is 2. The number of aliphatic hydroxyl groups excluding tert-OH is 1. The maximum Gasteiger partial charge on any atom is 0.135 e. The monoisotopic (exact) mass is 332 g/mol. The minimum Gasteiger partial charge on any atom is -0.393 e. The Morgan fingerprint density at radius 3 is 2.54 bits per heavy atom.